The van der Waals surface area contributed by atoms with E-state index in [4.69, 9.17) is 9.73 Å². The molecule has 8 heteroatoms. The minimum absolute atomic E-state index is 0. The lowest BCUT2D eigenvalue weighted by Gasteiger charge is -2.29. The Morgan fingerprint density at radius 3 is 2.63 bits per heavy atom. The fourth-order valence-corrected chi connectivity index (χ4v) is 3.95. The average Bonchev–Trinajstić information content (AvgIpc) is 3.18. The lowest BCUT2D eigenvalue weighted by molar-refractivity contribution is 0.0315. The molecule has 1 aromatic heterocycles. The molecule has 0 aromatic carbocycles. The number of hydrogen-bond donors (Lipinski definition) is 1. The molecule has 3 rings (SSSR count). The second-order valence-electron chi connectivity index (χ2n) is 7.46. The van der Waals surface area contributed by atoms with Crippen molar-refractivity contribution >= 4 is 29.9 Å². The van der Waals surface area contributed by atoms with Crippen LogP contribution in [0, 0.1) is 19.8 Å². The van der Waals surface area contributed by atoms with Gasteiger partial charge in [0.25, 0.3) is 0 Å². The van der Waals surface area contributed by atoms with Gasteiger partial charge in [-0.3, -0.25) is 9.58 Å². The van der Waals surface area contributed by atoms with Crippen LogP contribution >= 0.6 is 24.0 Å². The van der Waals surface area contributed by atoms with E-state index in [0.717, 1.165) is 63.5 Å². The van der Waals surface area contributed by atoms with Crippen molar-refractivity contribution in [2.24, 2.45) is 18.0 Å². The highest BCUT2D eigenvalue weighted by Crippen LogP contribution is 2.19. The molecule has 0 radical (unpaired) electrons. The van der Waals surface area contributed by atoms with Crippen LogP contribution in [0.5, 0.6) is 0 Å². The molecule has 3 heterocycles. The van der Waals surface area contributed by atoms with Gasteiger partial charge in [-0.25, -0.2) is 4.99 Å². The smallest absolute Gasteiger partial charge is 0.194 e. The topological polar surface area (TPSA) is 57.9 Å². The maximum atomic E-state index is 5.46. The third-order valence-electron chi connectivity index (χ3n) is 5.59. The van der Waals surface area contributed by atoms with Gasteiger partial charge in [0.1, 0.15) is 0 Å². The summed E-state index contributed by atoms with van der Waals surface area (Å²) in [4.78, 5) is 9.90. The first kappa shape index (κ1) is 22.4. The zero-order valence-corrected chi connectivity index (χ0v) is 19.5. The molecular formula is C19H35IN6O. The summed E-state index contributed by atoms with van der Waals surface area (Å²) in [5.74, 6) is 1.76. The van der Waals surface area contributed by atoms with Crippen LogP contribution in [0.25, 0.3) is 0 Å². The Hall–Kier alpha value is -0.870. The van der Waals surface area contributed by atoms with Crippen LogP contribution in [-0.4, -0.2) is 78.0 Å². The van der Waals surface area contributed by atoms with Crippen LogP contribution in [0.15, 0.2) is 4.99 Å². The maximum absolute atomic E-state index is 5.46. The van der Waals surface area contributed by atoms with Crippen molar-refractivity contribution in [3.8, 4) is 0 Å². The molecule has 2 fully saturated rings. The van der Waals surface area contributed by atoms with Gasteiger partial charge in [-0.15, -0.1) is 24.0 Å². The van der Waals surface area contributed by atoms with Gasteiger partial charge in [-0.1, -0.05) is 0 Å². The number of morpholine rings is 1. The van der Waals surface area contributed by atoms with Crippen molar-refractivity contribution in [1.29, 1.82) is 0 Å². The first-order chi connectivity index (χ1) is 12.6. The second kappa shape index (κ2) is 10.6. The Labute approximate surface area is 180 Å². The Balaban J connectivity index is 0.00000261. The maximum Gasteiger partial charge on any atom is 0.194 e. The van der Waals surface area contributed by atoms with Gasteiger partial charge in [0.15, 0.2) is 5.96 Å². The number of nitrogens with zero attached hydrogens (tertiary/aromatic N) is 5. The van der Waals surface area contributed by atoms with Crippen LogP contribution in [0.3, 0.4) is 0 Å². The monoisotopic (exact) mass is 490 g/mol. The Morgan fingerprint density at radius 2 is 2.00 bits per heavy atom. The van der Waals surface area contributed by atoms with E-state index in [-0.39, 0.29) is 24.0 Å². The van der Waals surface area contributed by atoms with Crippen LogP contribution in [-0.2, 0) is 18.3 Å². The predicted molar refractivity (Wildman–Crippen MR) is 120 cm³/mol. The highest BCUT2D eigenvalue weighted by atomic mass is 127. The number of aliphatic imine (C=N–C) groups is 1. The molecule has 2 saturated heterocycles. The van der Waals surface area contributed by atoms with Crippen molar-refractivity contribution in [2.75, 3.05) is 52.5 Å². The molecule has 7 nitrogen and oxygen atoms in total. The van der Waals surface area contributed by atoms with E-state index in [9.17, 15) is 0 Å². The van der Waals surface area contributed by atoms with E-state index >= 15 is 0 Å². The van der Waals surface area contributed by atoms with E-state index in [1.54, 1.807) is 0 Å². The zero-order chi connectivity index (χ0) is 18.5. The lowest BCUT2D eigenvalue weighted by Crippen LogP contribution is -2.42. The summed E-state index contributed by atoms with van der Waals surface area (Å²) in [5.41, 5.74) is 3.52. The van der Waals surface area contributed by atoms with Crippen LogP contribution < -0.4 is 5.32 Å². The quantitative estimate of drug-likeness (QED) is 0.388. The third-order valence-corrected chi connectivity index (χ3v) is 5.59. The Kier molecular flexibility index (Phi) is 8.81. The summed E-state index contributed by atoms with van der Waals surface area (Å²) in [5, 5.41) is 7.99. The molecule has 0 amide bonds. The fourth-order valence-electron chi connectivity index (χ4n) is 3.95. The molecule has 1 atom stereocenters. The van der Waals surface area contributed by atoms with Crippen LogP contribution in [0.2, 0.25) is 0 Å². The number of ether oxygens (including phenoxy) is 1. The molecular weight excluding hydrogens is 455 g/mol. The van der Waals surface area contributed by atoms with E-state index < -0.39 is 0 Å². The van der Waals surface area contributed by atoms with Crippen molar-refractivity contribution in [2.45, 2.75) is 33.7 Å². The molecule has 1 unspecified atom stereocenters. The highest BCUT2D eigenvalue weighted by molar-refractivity contribution is 14.0. The van der Waals surface area contributed by atoms with Gasteiger partial charge in [0, 0.05) is 57.6 Å². The minimum Gasteiger partial charge on any atom is -0.379 e. The van der Waals surface area contributed by atoms with Gasteiger partial charge in [-0.05, 0) is 33.1 Å². The molecule has 2 aliphatic rings. The van der Waals surface area contributed by atoms with E-state index in [1.807, 2.05) is 11.7 Å². The number of hydrogen-bond acceptors (Lipinski definition) is 4. The molecule has 2 aliphatic heterocycles. The van der Waals surface area contributed by atoms with Crippen molar-refractivity contribution in [3.63, 3.8) is 0 Å². The Morgan fingerprint density at radius 1 is 1.26 bits per heavy atom. The first-order valence-electron chi connectivity index (χ1n) is 9.91. The SMILES string of the molecule is CCNC(=NCc1c(C)nn(C)c1C)N1CCC(CN2CCOCC2)C1.I. The summed E-state index contributed by atoms with van der Waals surface area (Å²) < 4.78 is 7.41. The van der Waals surface area contributed by atoms with Gasteiger partial charge < -0.3 is 15.0 Å². The molecule has 27 heavy (non-hydrogen) atoms. The number of likely N-dealkylation sites (tertiary alicyclic amines) is 1. The minimum atomic E-state index is 0. The molecule has 1 aromatic rings. The summed E-state index contributed by atoms with van der Waals surface area (Å²) in [6.07, 6.45) is 1.24. The van der Waals surface area contributed by atoms with Gasteiger partial charge in [-0.2, -0.15) is 5.10 Å². The van der Waals surface area contributed by atoms with Crippen molar-refractivity contribution in [1.82, 2.24) is 24.9 Å². The number of rotatable bonds is 5. The molecule has 1 N–H and O–H groups in total. The molecule has 0 bridgehead atoms. The zero-order valence-electron chi connectivity index (χ0n) is 17.2. The standard InChI is InChI=1S/C19H34N6O.HI/c1-5-20-19(21-12-18-15(2)22-23(4)16(18)3)25-7-6-17(14-25)13-24-8-10-26-11-9-24;/h17H,5-14H2,1-4H3,(H,20,21);1H. The Bertz CT molecular complexity index is 626. The van der Waals surface area contributed by atoms with E-state index in [2.05, 4.69) is 41.0 Å². The summed E-state index contributed by atoms with van der Waals surface area (Å²) in [6, 6.07) is 0. The van der Waals surface area contributed by atoms with E-state index in [0.29, 0.717) is 6.54 Å². The number of nitrogens with one attached hydrogen (secondary N) is 1. The lowest BCUT2D eigenvalue weighted by atomic mass is 10.1. The number of halogens is 1. The largest absolute Gasteiger partial charge is 0.379 e. The summed E-state index contributed by atoms with van der Waals surface area (Å²) >= 11 is 0. The van der Waals surface area contributed by atoms with Gasteiger partial charge in [0.05, 0.1) is 25.5 Å². The molecule has 0 aliphatic carbocycles. The highest BCUT2D eigenvalue weighted by Gasteiger charge is 2.27. The first-order valence-corrected chi connectivity index (χ1v) is 9.91. The fraction of sp³-hybridized carbons (Fsp3) is 0.789. The second-order valence-corrected chi connectivity index (χ2v) is 7.46. The number of guanidine groups is 1. The summed E-state index contributed by atoms with van der Waals surface area (Å²) in [7, 11) is 2.00. The normalized spacial score (nSPS) is 21.4. The van der Waals surface area contributed by atoms with Crippen LogP contribution in [0.1, 0.15) is 30.3 Å². The predicted octanol–water partition coefficient (Wildman–Crippen LogP) is 1.77. The molecule has 154 valence electrons. The van der Waals surface area contributed by atoms with E-state index in [1.165, 1.54) is 24.2 Å². The molecule has 0 spiro atoms. The number of aryl methyl sites for hydroxylation is 2. The number of aromatic nitrogens is 2. The molecule has 0 saturated carbocycles. The van der Waals surface area contributed by atoms with Crippen molar-refractivity contribution in [3.05, 3.63) is 17.0 Å². The van der Waals surface area contributed by atoms with Gasteiger partial charge >= 0.3 is 0 Å². The summed E-state index contributed by atoms with van der Waals surface area (Å²) in [6.45, 7) is 15.2. The average molecular weight is 490 g/mol. The van der Waals surface area contributed by atoms with Crippen LogP contribution in [0.4, 0.5) is 0 Å². The van der Waals surface area contributed by atoms with Gasteiger partial charge in [0.2, 0.25) is 0 Å². The third kappa shape index (κ3) is 5.80. The van der Waals surface area contributed by atoms with Crippen molar-refractivity contribution < 1.29 is 4.74 Å².